The van der Waals surface area contributed by atoms with Crippen LogP contribution in [0.2, 0.25) is 0 Å². The van der Waals surface area contributed by atoms with Crippen molar-refractivity contribution in [3.05, 3.63) is 30.1 Å². The quantitative estimate of drug-likeness (QED) is 0.784. The van der Waals surface area contributed by atoms with Gasteiger partial charge in [0.1, 0.15) is 11.7 Å². The fourth-order valence-electron chi connectivity index (χ4n) is 3.24. The van der Waals surface area contributed by atoms with Gasteiger partial charge in [-0.2, -0.15) is 5.26 Å². The van der Waals surface area contributed by atoms with Crippen molar-refractivity contribution in [2.75, 3.05) is 24.5 Å². The monoisotopic (exact) mass is 315 g/mol. The van der Waals surface area contributed by atoms with Crippen LogP contribution in [0.3, 0.4) is 0 Å². The second kappa shape index (κ2) is 6.37. The third-order valence-electron chi connectivity index (χ3n) is 4.63. The van der Waals surface area contributed by atoms with Crippen molar-refractivity contribution in [3.8, 4) is 6.07 Å². The van der Waals surface area contributed by atoms with E-state index in [-0.39, 0.29) is 23.5 Å². The van der Waals surface area contributed by atoms with Crippen LogP contribution in [0.25, 0.3) is 0 Å². The van der Waals surface area contributed by atoms with Crippen molar-refractivity contribution in [1.82, 2.24) is 4.90 Å². The van der Waals surface area contributed by atoms with Crippen molar-refractivity contribution in [2.24, 2.45) is 11.8 Å². The van der Waals surface area contributed by atoms with Crippen LogP contribution in [-0.2, 0) is 9.59 Å². The molecule has 0 aromatic heterocycles. The van der Waals surface area contributed by atoms with E-state index in [1.807, 2.05) is 0 Å². The molecule has 6 heteroatoms. The second-order valence-electron chi connectivity index (χ2n) is 6.04. The van der Waals surface area contributed by atoms with E-state index in [0.29, 0.717) is 44.6 Å². The molecule has 2 fully saturated rings. The zero-order chi connectivity index (χ0) is 16.4. The van der Waals surface area contributed by atoms with E-state index in [9.17, 15) is 14.0 Å². The number of hydrogen-bond acceptors (Lipinski definition) is 3. The fraction of sp³-hybridized carbons (Fsp3) is 0.471. The number of carbonyl (C=O) groups is 2. The maximum atomic E-state index is 13.0. The summed E-state index contributed by atoms with van der Waals surface area (Å²) in [6.45, 7) is 1.55. The Morgan fingerprint density at radius 3 is 2.39 bits per heavy atom. The minimum atomic E-state index is -0.654. The van der Waals surface area contributed by atoms with Crippen molar-refractivity contribution in [3.63, 3.8) is 0 Å². The Morgan fingerprint density at radius 1 is 1.13 bits per heavy atom. The number of hydrogen-bond donors (Lipinski definition) is 0. The number of nitrogens with zero attached hydrogens (tertiary/aromatic N) is 3. The van der Waals surface area contributed by atoms with Crippen LogP contribution in [0.15, 0.2) is 24.3 Å². The Labute approximate surface area is 134 Å². The number of piperidine rings is 1. The van der Waals surface area contributed by atoms with Gasteiger partial charge in [0.25, 0.3) is 0 Å². The van der Waals surface area contributed by atoms with Gasteiger partial charge in [0, 0.05) is 31.2 Å². The summed E-state index contributed by atoms with van der Waals surface area (Å²) < 4.78 is 13.0. The first-order valence-electron chi connectivity index (χ1n) is 7.85. The highest BCUT2D eigenvalue weighted by Gasteiger charge is 2.40. The average Bonchev–Trinajstić information content (AvgIpc) is 2.96. The van der Waals surface area contributed by atoms with E-state index >= 15 is 0 Å². The molecular formula is C17H18FN3O2. The predicted octanol–water partition coefficient (Wildman–Crippen LogP) is 1.94. The highest BCUT2D eigenvalue weighted by Crippen LogP contribution is 2.28. The molecule has 2 aliphatic rings. The average molecular weight is 315 g/mol. The lowest BCUT2D eigenvalue weighted by molar-refractivity contribution is -0.140. The number of halogens is 1. The molecule has 0 spiro atoms. The van der Waals surface area contributed by atoms with Gasteiger partial charge in [-0.1, -0.05) is 0 Å². The zero-order valence-electron chi connectivity index (χ0n) is 12.7. The number of likely N-dealkylation sites (tertiary alicyclic amines) is 1. The molecule has 2 amide bonds. The number of rotatable bonds is 2. The van der Waals surface area contributed by atoms with Crippen LogP contribution < -0.4 is 4.90 Å². The molecule has 1 atom stereocenters. The summed E-state index contributed by atoms with van der Waals surface area (Å²) in [6.07, 6.45) is 1.82. The molecule has 1 unspecified atom stereocenters. The van der Waals surface area contributed by atoms with Crippen LogP contribution in [0, 0.1) is 29.0 Å². The SMILES string of the molecule is N#CC1CCN(C(=O)C2CCN(c3ccc(F)cc3)C2=O)CC1. The molecule has 23 heavy (non-hydrogen) atoms. The minimum absolute atomic E-state index is 0.00837. The first kappa shape index (κ1) is 15.5. The van der Waals surface area contributed by atoms with E-state index in [0.717, 1.165) is 0 Å². The van der Waals surface area contributed by atoms with E-state index in [1.54, 1.807) is 21.9 Å². The van der Waals surface area contributed by atoms with Crippen molar-refractivity contribution in [2.45, 2.75) is 19.3 Å². The molecule has 5 nitrogen and oxygen atoms in total. The Balaban J connectivity index is 1.66. The third kappa shape index (κ3) is 3.04. The zero-order valence-corrected chi connectivity index (χ0v) is 12.7. The maximum absolute atomic E-state index is 13.0. The van der Waals surface area contributed by atoms with Gasteiger partial charge in [0.15, 0.2) is 0 Å². The number of carbonyl (C=O) groups excluding carboxylic acids is 2. The summed E-state index contributed by atoms with van der Waals surface area (Å²) in [5, 5.41) is 8.91. The third-order valence-corrected chi connectivity index (χ3v) is 4.63. The van der Waals surface area contributed by atoms with Crippen LogP contribution in [-0.4, -0.2) is 36.3 Å². The lowest BCUT2D eigenvalue weighted by Crippen LogP contribution is -2.44. The topological polar surface area (TPSA) is 64.4 Å². The predicted molar refractivity (Wildman–Crippen MR) is 81.8 cm³/mol. The van der Waals surface area contributed by atoms with Gasteiger partial charge in [-0.25, -0.2) is 4.39 Å². The van der Waals surface area contributed by atoms with Crippen LogP contribution in [0.5, 0.6) is 0 Å². The van der Waals surface area contributed by atoms with E-state index < -0.39 is 5.92 Å². The van der Waals surface area contributed by atoms with Crippen molar-refractivity contribution < 1.29 is 14.0 Å². The number of amides is 2. The van der Waals surface area contributed by atoms with Gasteiger partial charge in [0.05, 0.1) is 6.07 Å². The van der Waals surface area contributed by atoms with Gasteiger partial charge >= 0.3 is 0 Å². The van der Waals surface area contributed by atoms with E-state index in [1.165, 1.54) is 12.1 Å². The number of anilines is 1. The molecule has 120 valence electrons. The summed E-state index contributed by atoms with van der Waals surface area (Å²) >= 11 is 0. The van der Waals surface area contributed by atoms with Gasteiger partial charge in [-0.15, -0.1) is 0 Å². The molecule has 1 aromatic rings. The minimum Gasteiger partial charge on any atom is -0.342 e. The Hall–Kier alpha value is -2.42. The van der Waals surface area contributed by atoms with Crippen LogP contribution in [0.1, 0.15) is 19.3 Å². The maximum Gasteiger partial charge on any atom is 0.239 e. The molecule has 0 radical (unpaired) electrons. The van der Waals surface area contributed by atoms with E-state index in [4.69, 9.17) is 5.26 Å². The Kier molecular flexibility index (Phi) is 4.28. The molecule has 0 saturated carbocycles. The molecule has 1 aromatic carbocycles. The van der Waals surface area contributed by atoms with Crippen molar-refractivity contribution >= 4 is 17.5 Å². The highest BCUT2D eigenvalue weighted by atomic mass is 19.1. The summed E-state index contributed by atoms with van der Waals surface area (Å²) in [5.74, 6) is -1.36. The molecule has 2 aliphatic heterocycles. The van der Waals surface area contributed by atoms with Crippen molar-refractivity contribution in [1.29, 1.82) is 5.26 Å². The normalized spacial score (nSPS) is 22.3. The lowest BCUT2D eigenvalue weighted by Gasteiger charge is -2.30. The summed E-state index contributed by atoms with van der Waals surface area (Å²) in [4.78, 5) is 28.3. The smallest absolute Gasteiger partial charge is 0.239 e. The summed E-state index contributed by atoms with van der Waals surface area (Å²) in [6, 6.07) is 7.96. The second-order valence-corrected chi connectivity index (χ2v) is 6.04. The lowest BCUT2D eigenvalue weighted by atomic mass is 9.97. The standard InChI is InChI=1S/C17H18FN3O2/c18-13-1-3-14(4-2-13)21-10-7-15(17(21)23)16(22)20-8-5-12(11-19)6-9-20/h1-4,12,15H,5-10H2. The van der Waals surface area contributed by atoms with Crippen LogP contribution >= 0.6 is 0 Å². The van der Waals surface area contributed by atoms with Gasteiger partial charge < -0.3 is 9.80 Å². The highest BCUT2D eigenvalue weighted by molar-refractivity contribution is 6.09. The molecular weight excluding hydrogens is 297 g/mol. The van der Waals surface area contributed by atoms with Gasteiger partial charge in [0.2, 0.25) is 11.8 Å². The molecule has 0 bridgehead atoms. The molecule has 2 saturated heterocycles. The molecule has 3 rings (SSSR count). The molecule has 2 heterocycles. The summed E-state index contributed by atoms with van der Waals surface area (Å²) in [5.41, 5.74) is 0.620. The Morgan fingerprint density at radius 2 is 1.78 bits per heavy atom. The fourth-order valence-corrected chi connectivity index (χ4v) is 3.24. The van der Waals surface area contributed by atoms with Gasteiger partial charge in [-0.3, -0.25) is 9.59 Å². The number of nitriles is 1. The van der Waals surface area contributed by atoms with Crippen LogP contribution in [0.4, 0.5) is 10.1 Å². The first-order chi connectivity index (χ1) is 11.1. The molecule has 0 aliphatic carbocycles. The Bertz CT molecular complexity index is 645. The first-order valence-corrected chi connectivity index (χ1v) is 7.85. The number of benzene rings is 1. The van der Waals surface area contributed by atoms with Gasteiger partial charge in [-0.05, 0) is 43.5 Å². The van der Waals surface area contributed by atoms with E-state index in [2.05, 4.69) is 6.07 Å². The summed E-state index contributed by atoms with van der Waals surface area (Å²) in [7, 11) is 0. The molecule has 0 N–H and O–H groups in total. The largest absolute Gasteiger partial charge is 0.342 e.